The van der Waals surface area contributed by atoms with Gasteiger partial charge in [0.15, 0.2) is 0 Å². The van der Waals surface area contributed by atoms with Gasteiger partial charge in [-0.1, -0.05) is 90.5 Å². The first kappa shape index (κ1) is 24.5. The van der Waals surface area contributed by atoms with Crippen molar-refractivity contribution in [3.8, 4) is 0 Å². The monoisotopic (exact) mass is 545 g/mol. The van der Waals surface area contributed by atoms with Crippen LogP contribution < -0.4 is 5.43 Å². The largest absolute Gasteiger partial charge is 0.278 e. The van der Waals surface area contributed by atoms with Gasteiger partial charge in [0.05, 0.1) is 23.8 Å². The van der Waals surface area contributed by atoms with Gasteiger partial charge >= 0.3 is 0 Å². The highest BCUT2D eigenvalue weighted by Gasteiger charge is 2.67. The Morgan fingerprint density at radius 3 is 2.08 bits per heavy atom. The topological polar surface area (TPSA) is 78.8 Å². The van der Waals surface area contributed by atoms with Gasteiger partial charge in [0.25, 0.3) is 5.91 Å². The number of nitrogens with zero attached hydrogens (tertiary/aromatic N) is 2. The molecule has 8 rings (SSSR count). The van der Waals surface area contributed by atoms with Gasteiger partial charge in [-0.3, -0.25) is 19.3 Å². The molecule has 0 saturated carbocycles. The normalized spacial score (nSPS) is 24.1. The standard InChI is InChI=1S/C33H24ClN3O3/c34-22-16-14-21(15-17-22)30(38)36-35-19-33-25-12-6-4-10-23(25)27(24-11-5-7-13-26(24)33)28-29(33)32(40)37(31(28)39)18-20-8-2-1-3-9-20/h1-17,19,27-29H,18H2,(H,36,38)/b35-19-/t27?,28-,29-,33?/m0/s1. The second-order valence-electron chi connectivity index (χ2n) is 10.5. The van der Waals surface area contributed by atoms with E-state index in [9.17, 15) is 14.4 Å². The molecule has 40 heavy (non-hydrogen) atoms. The average Bonchev–Trinajstić information content (AvgIpc) is 3.24. The number of nitrogens with one attached hydrogen (secondary N) is 1. The van der Waals surface area contributed by atoms with Crippen molar-refractivity contribution in [3.05, 3.63) is 142 Å². The molecule has 3 amide bonds. The summed E-state index contributed by atoms with van der Waals surface area (Å²) < 4.78 is 0. The number of benzene rings is 4. The molecule has 1 fully saturated rings. The Hall–Kier alpha value is -4.55. The first-order valence-electron chi connectivity index (χ1n) is 13.2. The summed E-state index contributed by atoms with van der Waals surface area (Å²) in [6.45, 7) is 0.214. The van der Waals surface area contributed by atoms with Crippen molar-refractivity contribution in [1.82, 2.24) is 10.3 Å². The van der Waals surface area contributed by atoms with E-state index in [1.165, 1.54) is 4.90 Å². The molecule has 3 aliphatic carbocycles. The maximum Gasteiger partial charge on any atom is 0.271 e. The van der Waals surface area contributed by atoms with Crippen LogP contribution in [0.3, 0.4) is 0 Å². The van der Waals surface area contributed by atoms with Crippen molar-refractivity contribution >= 4 is 35.5 Å². The van der Waals surface area contributed by atoms with Gasteiger partial charge in [-0.25, -0.2) is 5.43 Å². The Kier molecular flexibility index (Phi) is 5.68. The number of rotatable bonds is 5. The van der Waals surface area contributed by atoms with E-state index < -0.39 is 23.2 Å². The number of carbonyl (C=O) groups is 3. The number of hydrogen-bond donors (Lipinski definition) is 1. The van der Waals surface area contributed by atoms with Crippen molar-refractivity contribution < 1.29 is 14.4 Å². The van der Waals surface area contributed by atoms with Gasteiger partial charge in [0, 0.05) is 22.7 Å². The predicted octanol–water partition coefficient (Wildman–Crippen LogP) is 5.30. The number of halogens is 1. The molecule has 1 saturated heterocycles. The molecule has 1 aliphatic heterocycles. The van der Waals surface area contributed by atoms with E-state index in [4.69, 9.17) is 11.6 Å². The van der Waals surface area contributed by atoms with Gasteiger partial charge in [-0.05, 0) is 52.1 Å². The van der Waals surface area contributed by atoms with Gasteiger partial charge in [-0.15, -0.1) is 0 Å². The number of likely N-dealkylation sites (tertiary alicyclic amines) is 1. The van der Waals surface area contributed by atoms with Gasteiger partial charge in [0.1, 0.15) is 0 Å². The first-order valence-corrected chi connectivity index (χ1v) is 13.6. The van der Waals surface area contributed by atoms with Crippen LogP contribution in [-0.2, 0) is 21.5 Å². The maximum atomic E-state index is 14.3. The zero-order chi connectivity index (χ0) is 27.4. The van der Waals surface area contributed by atoms with Crippen LogP contribution in [0.2, 0.25) is 5.02 Å². The third-order valence-electron chi connectivity index (χ3n) is 8.50. The third kappa shape index (κ3) is 3.49. The van der Waals surface area contributed by atoms with Crippen LogP contribution in [0.5, 0.6) is 0 Å². The summed E-state index contributed by atoms with van der Waals surface area (Å²) in [6, 6.07) is 32.0. The zero-order valence-electron chi connectivity index (χ0n) is 21.3. The maximum absolute atomic E-state index is 14.3. The van der Waals surface area contributed by atoms with E-state index in [0.717, 1.165) is 27.8 Å². The number of hydrazone groups is 1. The van der Waals surface area contributed by atoms with E-state index in [1.54, 1.807) is 30.5 Å². The molecule has 2 bridgehead atoms. The third-order valence-corrected chi connectivity index (χ3v) is 8.75. The van der Waals surface area contributed by atoms with Crippen LogP contribution in [0.25, 0.3) is 0 Å². The fourth-order valence-corrected chi connectivity index (χ4v) is 7.02. The second kappa shape index (κ2) is 9.28. The lowest BCUT2D eigenvalue weighted by Crippen LogP contribution is -2.54. The van der Waals surface area contributed by atoms with Crippen LogP contribution in [0.15, 0.2) is 108 Å². The second-order valence-corrected chi connectivity index (χ2v) is 10.9. The highest BCUT2D eigenvalue weighted by Crippen LogP contribution is 2.63. The van der Waals surface area contributed by atoms with E-state index in [1.807, 2.05) is 78.9 Å². The van der Waals surface area contributed by atoms with Crippen LogP contribution in [0.4, 0.5) is 0 Å². The quantitative estimate of drug-likeness (QED) is 0.210. The Balaban J connectivity index is 1.36. The first-order chi connectivity index (χ1) is 19.5. The number of carbonyl (C=O) groups excluding carboxylic acids is 3. The van der Waals surface area contributed by atoms with Crippen molar-refractivity contribution in [2.75, 3.05) is 0 Å². The molecule has 7 heteroatoms. The Bertz CT molecular complexity index is 1650. The summed E-state index contributed by atoms with van der Waals surface area (Å²) in [6.07, 6.45) is 1.67. The molecule has 0 radical (unpaired) electrons. The summed E-state index contributed by atoms with van der Waals surface area (Å²) >= 11 is 5.97. The molecule has 1 N–H and O–H groups in total. The smallest absolute Gasteiger partial charge is 0.271 e. The van der Waals surface area contributed by atoms with Gasteiger partial charge < -0.3 is 0 Å². The van der Waals surface area contributed by atoms with Crippen LogP contribution in [-0.4, -0.2) is 28.8 Å². The Morgan fingerprint density at radius 1 is 0.825 bits per heavy atom. The molecule has 0 aromatic heterocycles. The Labute approximate surface area is 236 Å². The molecular formula is C33H24ClN3O3. The fourth-order valence-electron chi connectivity index (χ4n) is 6.89. The molecule has 0 unspecified atom stereocenters. The van der Waals surface area contributed by atoms with E-state index >= 15 is 0 Å². The van der Waals surface area contributed by atoms with Crippen LogP contribution in [0, 0.1) is 11.8 Å². The summed E-state index contributed by atoms with van der Waals surface area (Å²) in [5.74, 6) is -2.28. The fraction of sp³-hybridized carbons (Fsp3) is 0.152. The number of imide groups is 1. The van der Waals surface area contributed by atoms with E-state index in [0.29, 0.717) is 10.6 Å². The molecule has 4 aromatic carbocycles. The lowest BCUT2D eigenvalue weighted by molar-refractivity contribution is -0.140. The van der Waals surface area contributed by atoms with Gasteiger partial charge in [-0.2, -0.15) is 5.10 Å². The van der Waals surface area contributed by atoms with E-state index in [-0.39, 0.29) is 24.3 Å². The van der Waals surface area contributed by atoms with E-state index in [2.05, 4.69) is 10.5 Å². The SMILES string of the molecule is O=C(N/N=C\C12c3ccccc3C(c3ccccc31)[C@@H]1C(=O)N(Cc3ccccc3)C(=O)[C@H]12)c1ccc(Cl)cc1. The van der Waals surface area contributed by atoms with Crippen molar-refractivity contribution in [2.45, 2.75) is 17.9 Å². The number of amides is 3. The molecule has 0 spiro atoms. The van der Waals surface area contributed by atoms with Crippen molar-refractivity contribution in [3.63, 3.8) is 0 Å². The molecule has 2 atom stereocenters. The minimum Gasteiger partial charge on any atom is -0.278 e. The van der Waals surface area contributed by atoms with Gasteiger partial charge in [0.2, 0.25) is 11.8 Å². The zero-order valence-corrected chi connectivity index (χ0v) is 22.1. The van der Waals surface area contributed by atoms with Crippen molar-refractivity contribution in [1.29, 1.82) is 0 Å². The highest BCUT2D eigenvalue weighted by atomic mass is 35.5. The number of hydrogen-bond acceptors (Lipinski definition) is 4. The lowest BCUT2D eigenvalue weighted by Gasteiger charge is -2.52. The Morgan fingerprint density at radius 2 is 1.43 bits per heavy atom. The molecule has 4 aromatic rings. The molecule has 196 valence electrons. The summed E-state index contributed by atoms with van der Waals surface area (Å²) in [5.41, 5.74) is 6.81. The molecule has 6 nitrogen and oxygen atoms in total. The lowest BCUT2D eigenvalue weighted by atomic mass is 9.47. The van der Waals surface area contributed by atoms with Crippen molar-refractivity contribution in [2.24, 2.45) is 16.9 Å². The summed E-state index contributed by atoms with van der Waals surface area (Å²) in [4.78, 5) is 42.6. The molecular weight excluding hydrogens is 522 g/mol. The minimum absolute atomic E-state index is 0.171. The summed E-state index contributed by atoms with van der Waals surface area (Å²) in [7, 11) is 0. The average molecular weight is 546 g/mol. The minimum atomic E-state index is -1.03. The molecule has 4 aliphatic rings. The van der Waals surface area contributed by atoms with Crippen LogP contribution in [0.1, 0.15) is 44.1 Å². The summed E-state index contributed by atoms with van der Waals surface area (Å²) in [5, 5.41) is 4.98. The highest BCUT2D eigenvalue weighted by molar-refractivity contribution is 6.30. The van der Waals surface area contributed by atoms with Crippen LogP contribution >= 0.6 is 11.6 Å². The predicted molar refractivity (Wildman–Crippen MR) is 152 cm³/mol. The molecule has 1 heterocycles.